The van der Waals surface area contributed by atoms with Crippen molar-refractivity contribution in [2.24, 2.45) is 17.3 Å². The molecule has 1 amide bonds. The van der Waals surface area contributed by atoms with Gasteiger partial charge in [0, 0.05) is 30.9 Å². The van der Waals surface area contributed by atoms with Crippen LogP contribution in [0.2, 0.25) is 0 Å². The SMILES string of the molecule is CNC(=O)c1nccc2[nH]c([C@@H]3CC4(CC[C@H]3C3CCCCC3)CC4)cc(=O)c12. The minimum absolute atomic E-state index is 0.0849. The molecule has 2 aromatic rings. The van der Waals surface area contributed by atoms with E-state index in [4.69, 9.17) is 0 Å². The summed E-state index contributed by atoms with van der Waals surface area (Å²) in [5.74, 6) is 1.59. The molecule has 0 saturated heterocycles. The Balaban J connectivity index is 1.56. The van der Waals surface area contributed by atoms with Crippen LogP contribution < -0.4 is 10.7 Å². The van der Waals surface area contributed by atoms with Crippen molar-refractivity contribution in [2.75, 3.05) is 7.05 Å². The van der Waals surface area contributed by atoms with E-state index in [1.807, 2.05) is 6.07 Å². The van der Waals surface area contributed by atoms with Crippen LogP contribution in [0, 0.1) is 17.3 Å². The number of pyridine rings is 2. The fraction of sp³-hybridized carbons (Fsp3) is 0.625. The first kappa shape index (κ1) is 18.8. The zero-order chi connectivity index (χ0) is 20.0. The van der Waals surface area contributed by atoms with Gasteiger partial charge in [0.15, 0.2) is 5.43 Å². The number of hydrogen-bond acceptors (Lipinski definition) is 3. The average Bonchev–Trinajstić information content (AvgIpc) is 3.51. The molecule has 2 heterocycles. The normalized spacial score (nSPS) is 26.5. The van der Waals surface area contributed by atoms with Crippen LogP contribution in [0.3, 0.4) is 0 Å². The zero-order valence-electron chi connectivity index (χ0n) is 17.3. The quantitative estimate of drug-likeness (QED) is 0.805. The number of aromatic amines is 1. The molecule has 3 saturated carbocycles. The third-order valence-corrected chi connectivity index (χ3v) is 7.99. The Morgan fingerprint density at radius 3 is 2.69 bits per heavy atom. The predicted octanol–water partition coefficient (Wildman–Crippen LogP) is 4.53. The third kappa shape index (κ3) is 3.38. The molecule has 5 heteroatoms. The van der Waals surface area contributed by atoms with Crippen LogP contribution in [0.5, 0.6) is 0 Å². The van der Waals surface area contributed by atoms with Gasteiger partial charge in [-0.3, -0.25) is 14.6 Å². The third-order valence-electron chi connectivity index (χ3n) is 7.99. The van der Waals surface area contributed by atoms with E-state index in [-0.39, 0.29) is 17.0 Å². The predicted molar refractivity (Wildman–Crippen MR) is 114 cm³/mol. The van der Waals surface area contributed by atoms with Crippen LogP contribution in [0.1, 0.15) is 86.3 Å². The highest BCUT2D eigenvalue weighted by Crippen LogP contribution is 2.62. The zero-order valence-corrected chi connectivity index (χ0v) is 17.3. The van der Waals surface area contributed by atoms with Gasteiger partial charge in [-0.05, 0) is 55.4 Å². The number of amides is 1. The van der Waals surface area contributed by atoms with Gasteiger partial charge in [-0.2, -0.15) is 0 Å². The molecule has 2 N–H and O–H groups in total. The Hall–Kier alpha value is -2.17. The summed E-state index contributed by atoms with van der Waals surface area (Å²) in [7, 11) is 1.57. The van der Waals surface area contributed by atoms with E-state index in [1.165, 1.54) is 64.2 Å². The first-order valence-corrected chi connectivity index (χ1v) is 11.3. The lowest BCUT2D eigenvalue weighted by molar-refractivity contribution is 0.0960. The molecule has 3 aliphatic rings. The molecule has 2 atom stereocenters. The van der Waals surface area contributed by atoms with Crippen LogP contribution in [0.25, 0.3) is 10.9 Å². The van der Waals surface area contributed by atoms with Crippen molar-refractivity contribution in [2.45, 2.75) is 70.1 Å². The number of carbonyl (C=O) groups is 1. The monoisotopic (exact) mass is 393 g/mol. The molecule has 2 aromatic heterocycles. The highest BCUT2D eigenvalue weighted by atomic mass is 16.2. The van der Waals surface area contributed by atoms with Crippen LogP contribution >= 0.6 is 0 Å². The topological polar surface area (TPSA) is 74.8 Å². The van der Waals surface area contributed by atoms with Crippen molar-refractivity contribution in [3.63, 3.8) is 0 Å². The molecule has 5 rings (SSSR count). The Morgan fingerprint density at radius 2 is 1.97 bits per heavy atom. The first-order valence-electron chi connectivity index (χ1n) is 11.3. The fourth-order valence-corrected chi connectivity index (χ4v) is 6.20. The van der Waals surface area contributed by atoms with Gasteiger partial charge in [-0.15, -0.1) is 0 Å². The van der Waals surface area contributed by atoms with Crippen LogP contribution in [-0.4, -0.2) is 22.9 Å². The molecule has 154 valence electrons. The van der Waals surface area contributed by atoms with E-state index in [1.54, 1.807) is 19.3 Å². The summed E-state index contributed by atoms with van der Waals surface area (Å²) >= 11 is 0. The summed E-state index contributed by atoms with van der Waals surface area (Å²) in [6.45, 7) is 0. The van der Waals surface area contributed by atoms with Crippen molar-refractivity contribution in [1.82, 2.24) is 15.3 Å². The van der Waals surface area contributed by atoms with Crippen molar-refractivity contribution in [3.05, 3.63) is 39.9 Å². The maximum Gasteiger partial charge on any atom is 0.270 e. The Morgan fingerprint density at radius 1 is 1.17 bits per heavy atom. The highest BCUT2D eigenvalue weighted by molar-refractivity contribution is 6.04. The van der Waals surface area contributed by atoms with Crippen molar-refractivity contribution < 1.29 is 4.79 Å². The fourth-order valence-electron chi connectivity index (χ4n) is 6.20. The standard InChI is InChI=1S/C24H31N3O2/c1-25-23(29)22-21-18(8-12-26-22)27-19(13-20(21)28)17-14-24(10-11-24)9-7-16(17)15-5-3-2-4-6-15/h8,12-13,15-17H,2-7,9-11,14H2,1H3,(H,25,29)(H,27,28)/t16-,17+/m0/s1. The maximum atomic E-state index is 13.1. The number of nitrogens with zero attached hydrogens (tertiary/aromatic N) is 1. The Kier molecular flexibility index (Phi) is 4.72. The molecule has 0 bridgehead atoms. The summed E-state index contributed by atoms with van der Waals surface area (Å²) in [5.41, 5.74) is 2.48. The van der Waals surface area contributed by atoms with E-state index in [2.05, 4.69) is 15.3 Å². The number of H-pyrrole nitrogens is 1. The molecule has 0 unspecified atom stereocenters. The molecule has 5 nitrogen and oxygen atoms in total. The summed E-state index contributed by atoms with van der Waals surface area (Å²) < 4.78 is 0. The minimum Gasteiger partial charge on any atom is -0.358 e. The number of rotatable bonds is 3. The Labute approximate surface area is 171 Å². The average molecular weight is 394 g/mol. The van der Waals surface area contributed by atoms with Gasteiger partial charge in [-0.25, -0.2) is 0 Å². The van der Waals surface area contributed by atoms with E-state index in [0.717, 1.165) is 17.1 Å². The van der Waals surface area contributed by atoms with Gasteiger partial charge in [-0.1, -0.05) is 32.1 Å². The summed E-state index contributed by atoms with van der Waals surface area (Å²) in [4.78, 5) is 33.0. The molecular formula is C24H31N3O2. The molecule has 3 fully saturated rings. The van der Waals surface area contributed by atoms with Gasteiger partial charge in [0.1, 0.15) is 5.69 Å². The van der Waals surface area contributed by atoms with Gasteiger partial charge >= 0.3 is 0 Å². The van der Waals surface area contributed by atoms with Crippen LogP contribution in [0.4, 0.5) is 0 Å². The molecule has 3 aliphatic carbocycles. The number of nitrogens with one attached hydrogen (secondary N) is 2. The lowest BCUT2D eigenvalue weighted by Crippen LogP contribution is -2.32. The smallest absolute Gasteiger partial charge is 0.270 e. The second-order valence-corrected chi connectivity index (χ2v) is 9.66. The van der Waals surface area contributed by atoms with Gasteiger partial charge in [0.05, 0.1) is 10.9 Å². The largest absolute Gasteiger partial charge is 0.358 e. The molecule has 0 aromatic carbocycles. The minimum atomic E-state index is -0.316. The van der Waals surface area contributed by atoms with Gasteiger partial charge < -0.3 is 10.3 Å². The molecule has 0 aliphatic heterocycles. The van der Waals surface area contributed by atoms with Gasteiger partial charge in [0.2, 0.25) is 0 Å². The lowest BCUT2D eigenvalue weighted by atomic mass is 9.63. The van der Waals surface area contributed by atoms with E-state index in [0.29, 0.717) is 22.6 Å². The first-order chi connectivity index (χ1) is 14.1. The molecule has 1 spiro atoms. The Bertz CT molecular complexity index is 985. The molecular weight excluding hydrogens is 362 g/mol. The summed E-state index contributed by atoms with van der Waals surface area (Å²) in [6, 6.07) is 3.61. The number of carbonyl (C=O) groups excluding carboxylic acids is 1. The van der Waals surface area contributed by atoms with Crippen LogP contribution in [0.15, 0.2) is 23.1 Å². The number of fused-ring (bicyclic) bond motifs is 1. The second-order valence-electron chi connectivity index (χ2n) is 9.66. The number of hydrogen-bond donors (Lipinski definition) is 2. The van der Waals surface area contributed by atoms with Crippen molar-refractivity contribution in [1.29, 1.82) is 0 Å². The molecule has 29 heavy (non-hydrogen) atoms. The summed E-state index contributed by atoms with van der Waals surface area (Å²) in [5, 5.41) is 3.00. The van der Waals surface area contributed by atoms with E-state index in [9.17, 15) is 9.59 Å². The highest BCUT2D eigenvalue weighted by Gasteiger charge is 2.50. The maximum absolute atomic E-state index is 13.1. The summed E-state index contributed by atoms with van der Waals surface area (Å²) in [6.07, 6.45) is 15.0. The lowest BCUT2D eigenvalue weighted by Gasteiger charge is -2.42. The number of aromatic nitrogens is 2. The second kappa shape index (κ2) is 7.26. The van der Waals surface area contributed by atoms with Crippen molar-refractivity contribution >= 4 is 16.8 Å². The molecule has 0 radical (unpaired) electrons. The van der Waals surface area contributed by atoms with E-state index < -0.39 is 0 Å². The van der Waals surface area contributed by atoms with Crippen molar-refractivity contribution in [3.8, 4) is 0 Å². The van der Waals surface area contributed by atoms with Crippen LogP contribution in [-0.2, 0) is 0 Å². The van der Waals surface area contributed by atoms with Gasteiger partial charge in [0.25, 0.3) is 5.91 Å². The van der Waals surface area contributed by atoms with E-state index >= 15 is 0 Å².